The summed E-state index contributed by atoms with van der Waals surface area (Å²) in [5, 5.41) is 13.6. The first kappa shape index (κ1) is 15.5. The second-order valence-corrected chi connectivity index (χ2v) is 7.80. The van der Waals surface area contributed by atoms with Crippen molar-refractivity contribution in [3.8, 4) is 9.88 Å². The zero-order chi connectivity index (χ0) is 15.5. The lowest BCUT2D eigenvalue weighted by Gasteiger charge is -2.34. The molecule has 0 bridgehead atoms. The number of rotatable bonds is 4. The first-order chi connectivity index (χ1) is 10.6. The van der Waals surface area contributed by atoms with E-state index in [1.54, 1.807) is 33.4 Å². The van der Waals surface area contributed by atoms with Gasteiger partial charge in [-0.2, -0.15) is 11.8 Å². The Balaban J connectivity index is 1.78. The van der Waals surface area contributed by atoms with Crippen LogP contribution in [0.1, 0.15) is 16.9 Å². The maximum atomic E-state index is 12.6. The third kappa shape index (κ3) is 3.34. The van der Waals surface area contributed by atoms with Crippen LogP contribution in [-0.4, -0.2) is 51.0 Å². The lowest BCUT2D eigenvalue weighted by molar-refractivity contribution is -0.138. The van der Waals surface area contributed by atoms with Crippen molar-refractivity contribution in [1.82, 2.24) is 9.88 Å². The molecule has 1 fully saturated rings. The van der Waals surface area contributed by atoms with Gasteiger partial charge in [0.25, 0.3) is 5.91 Å². The Labute approximate surface area is 140 Å². The molecule has 0 saturated carbocycles. The minimum atomic E-state index is -0.872. The molecule has 116 valence electrons. The van der Waals surface area contributed by atoms with Crippen molar-refractivity contribution < 1.29 is 14.7 Å². The van der Waals surface area contributed by atoms with Gasteiger partial charge in [-0.1, -0.05) is 6.07 Å². The van der Waals surface area contributed by atoms with E-state index in [2.05, 4.69) is 4.98 Å². The van der Waals surface area contributed by atoms with Crippen LogP contribution in [0.15, 0.2) is 22.9 Å². The number of carbonyl (C=O) groups is 2. The summed E-state index contributed by atoms with van der Waals surface area (Å²) >= 11 is 4.72. The summed E-state index contributed by atoms with van der Waals surface area (Å²) < 4.78 is 0. The van der Waals surface area contributed by atoms with Gasteiger partial charge in [0, 0.05) is 23.4 Å². The average Bonchev–Trinajstić information content (AvgIpc) is 3.17. The van der Waals surface area contributed by atoms with Gasteiger partial charge < -0.3 is 10.0 Å². The van der Waals surface area contributed by atoms with Crippen molar-refractivity contribution in [3.63, 3.8) is 0 Å². The summed E-state index contributed by atoms with van der Waals surface area (Å²) in [4.78, 5) is 30.7. The van der Waals surface area contributed by atoms with E-state index in [0.29, 0.717) is 18.0 Å². The number of nitrogens with zero attached hydrogens (tertiary/aromatic N) is 2. The third-order valence-corrected chi connectivity index (χ3v) is 6.33. The molecule has 0 spiro atoms. The van der Waals surface area contributed by atoms with E-state index in [1.807, 2.05) is 17.5 Å². The van der Waals surface area contributed by atoms with E-state index in [0.717, 1.165) is 15.6 Å². The van der Waals surface area contributed by atoms with E-state index >= 15 is 0 Å². The zero-order valence-electron chi connectivity index (χ0n) is 11.6. The molecular weight excluding hydrogens is 340 g/mol. The van der Waals surface area contributed by atoms with Crippen LogP contribution in [0.2, 0.25) is 0 Å². The maximum Gasteiger partial charge on any atom is 0.305 e. The standard InChI is InChI=1S/C14H14N2O3S3/c17-12(18)6-9-7-20-5-3-16(9)14(19)10-8-22-13(15-10)11-2-1-4-21-11/h1-2,4,8-9H,3,5-7H2,(H,17,18). The molecule has 5 nitrogen and oxygen atoms in total. The number of aromatic nitrogens is 1. The van der Waals surface area contributed by atoms with Crippen LogP contribution in [0.5, 0.6) is 0 Å². The Hall–Kier alpha value is -1.38. The molecule has 2 aromatic rings. The van der Waals surface area contributed by atoms with Gasteiger partial charge in [0.1, 0.15) is 10.7 Å². The Kier molecular flexibility index (Phi) is 4.80. The van der Waals surface area contributed by atoms with Gasteiger partial charge >= 0.3 is 5.97 Å². The molecule has 2 aromatic heterocycles. The van der Waals surface area contributed by atoms with Gasteiger partial charge in [0.2, 0.25) is 0 Å². The number of carboxylic acid groups (broad SMARTS) is 1. The highest BCUT2D eigenvalue weighted by Gasteiger charge is 2.30. The highest BCUT2D eigenvalue weighted by Crippen LogP contribution is 2.29. The largest absolute Gasteiger partial charge is 0.481 e. The number of carboxylic acids is 1. The molecule has 0 aromatic carbocycles. The van der Waals surface area contributed by atoms with Crippen LogP contribution >= 0.6 is 34.4 Å². The zero-order valence-corrected chi connectivity index (χ0v) is 14.0. The molecule has 1 aliphatic rings. The molecule has 22 heavy (non-hydrogen) atoms. The number of aliphatic carboxylic acids is 1. The molecule has 1 amide bonds. The fourth-order valence-corrected chi connectivity index (χ4v) is 5.00. The smallest absolute Gasteiger partial charge is 0.305 e. The Morgan fingerprint density at radius 2 is 2.27 bits per heavy atom. The summed E-state index contributed by atoms with van der Waals surface area (Å²) in [6.07, 6.45) is -0.0132. The van der Waals surface area contributed by atoms with Crippen LogP contribution in [0, 0.1) is 0 Å². The lowest BCUT2D eigenvalue weighted by atomic mass is 10.2. The fraction of sp³-hybridized carbons (Fsp3) is 0.357. The number of thiazole rings is 1. The minimum absolute atomic E-state index is 0.0132. The molecular formula is C14H14N2O3S3. The van der Waals surface area contributed by atoms with Crippen LogP contribution in [0.4, 0.5) is 0 Å². The summed E-state index contributed by atoms with van der Waals surface area (Å²) in [5.74, 6) is 0.470. The van der Waals surface area contributed by atoms with E-state index in [9.17, 15) is 9.59 Å². The molecule has 3 rings (SSSR count). The van der Waals surface area contributed by atoms with Crippen LogP contribution in [0.3, 0.4) is 0 Å². The number of hydrogen-bond donors (Lipinski definition) is 1. The van der Waals surface area contributed by atoms with E-state index < -0.39 is 5.97 Å². The lowest BCUT2D eigenvalue weighted by Crippen LogP contribution is -2.47. The number of carbonyl (C=O) groups excluding carboxylic acids is 1. The van der Waals surface area contributed by atoms with Gasteiger partial charge in [0.05, 0.1) is 17.3 Å². The molecule has 1 unspecified atom stereocenters. The van der Waals surface area contributed by atoms with Crippen molar-refractivity contribution in [2.45, 2.75) is 12.5 Å². The number of hydrogen-bond acceptors (Lipinski definition) is 6. The first-order valence-electron chi connectivity index (χ1n) is 6.75. The van der Waals surface area contributed by atoms with Crippen molar-refractivity contribution in [2.75, 3.05) is 18.1 Å². The highest BCUT2D eigenvalue weighted by molar-refractivity contribution is 7.99. The van der Waals surface area contributed by atoms with Gasteiger partial charge in [-0.15, -0.1) is 22.7 Å². The monoisotopic (exact) mass is 354 g/mol. The van der Waals surface area contributed by atoms with Gasteiger partial charge in [-0.05, 0) is 11.4 Å². The quantitative estimate of drug-likeness (QED) is 0.914. The molecule has 1 N–H and O–H groups in total. The summed E-state index contributed by atoms with van der Waals surface area (Å²) in [6, 6.07) is 3.67. The van der Waals surface area contributed by atoms with Crippen molar-refractivity contribution >= 4 is 46.3 Å². The van der Waals surface area contributed by atoms with Gasteiger partial charge in [0.15, 0.2) is 0 Å². The van der Waals surface area contributed by atoms with Crippen LogP contribution < -0.4 is 0 Å². The van der Waals surface area contributed by atoms with E-state index in [1.165, 1.54) is 11.3 Å². The molecule has 1 aliphatic heterocycles. The van der Waals surface area contributed by atoms with Crippen LogP contribution in [-0.2, 0) is 4.79 Å². The van der Waals surface area contributed by atoms with Gasteiger partial charge in [-0.25, -0.2) is 4.98 Å². The minimum Gasteiger partial charge on any atom is -0.481 e. The number of thiophene rings is 1. The third-order valence-electron chi connectivity index (χ3n) is 3.35. The first-order valence-corrected chi connectivity index (χ1v) is 9.66. The van der Waals surface area contributed by atoms with E-state index in [-0.39, 0.29) is 18.4 Å². The number of thioether (sulfide) groups is 1. The summed E-state index contributed by atoms with van der Waals surface area (Å²) in [5.41, 5.74) is 0.413. The van der Waals surface area contributed by atoms with Crippen molar-refractivity contribution in [2.24, 2.45) is 0 Å². The molecule has 1 atom stereocenters. The normalized spacial score (nSPS) is 18.4. The SMILES string of the molecule is O=C(O)CC1CSCCN1C(=O)c1csc(-c2cccs2)n1. The van der Waals surface area contributed by atoms with Gasteiger partial charge in [-0.3, -0.25) is 9.59 Å². The summed E-state index contributed by atoms with van der Waals surface area (Å²) in [6.45, 7) is 0.577. The van der Waals surface area contributed by atoms with Crippen molar-refractivity contribution in [1.29, 1.82) is 0 Å². The Bertz CT molecular complexity index is 669. The average molecular weight is 354 g/mol. The van der Waals surface area contributed by atoms with E-state index in [4.69, 9.17) is 5.11 Å². The molecule has 8 heteroatoms. The Morgan fingerprint density at radius 3 is 3.00 bits per heavy atom. The second-order valence-electron chi connectivity index (χ2n) is 4.84. The maximum absolute atomic E-state index is 12.6. The predicted molar refractivity (Wildman–Crippen MR) is 89.8 cm³/mol. The Morgan fingerprint density at radius 1 is 1.41 bits per heavy atom. The van der Waals surface area contributed by atoms with Crippen molar-refractivity contribution in [3.05, 3.63) is 28.6 Å². The molecule has 0 radical (unpaired) electrons. The number of amides is 1. The molecule has 3 heterocycles. The highest BCUT2D eigenvalue weighted by atomic mass is 32.2. The predicted octanol–water partition coefficient (Wildman–Crippen LogP) is 2.90. The topological polar surface area (TPSA) is 70.5 Å². The molecule has 1 saturated heterocycles. The fourth-order valence-electron chi connectivity index (χ4n) is 2.33. The second kappa shape index (κ2) is 6.80. The summed E-state index contributed by atoms with van der Waals surface area (Å²) in [7, 11) is 0. The van der Waals surface area contributed by atoms with Crippen LogP contribution in [0.25, 0.3) is 9.88 Å². The molecule has 0 aliphatic carbocycles.